The molecule has 0 spiro atoms. The Balaban J connectivity index is 1.88. The molecule has 1 atom stereocenters. The molecule has 1 unspecified atom stereocenters. The van der Waals surface area contributed by atoms with Gasteiger partial charge in [-0.1, -0.05) is 0 Å². The highest BCUT2D eigenvalue weighted by molar-refractivity contribution is 5.93. The molecule has 27 heavy (non-hydrogen) atoms. The number of ether oxygens (including phenoxy) is 1. The number of hydrogen-bond acceptors (Lipinski definition) is 3. The van der Waals surface area contributed by atoms with E-state index in [9.17, 15) is 18.4 Å². The highest BCUT2D eigenvalue weighted by Crippen LogP contribution is 2.15. The van der Waals surface area contributed by atoms with Crippen LogP contribution >= 0.6 is 0 Å². The fourth-order valence-corrected chi connectivity index (χ4v) is 2.43. The first-order valence-electron chi connectivity index (χ1n) is 8.43. The molecule has 0 saturated heterocycles. The zero-order chi connectivity index (χ0) is 19.8. The number of nitrogens with one attached hydrogen (secondary N) is 3. The number of amides is 2. The van der Waals surface area contributed by atoms with Gasteiger partial charge in [-0.3, -0.25) is 9.59 Å². The zero-order valence-electron chi connectivity index (χ0n) is 15.1. The van der Waals surface area contributed by atoms with E-state index in [0.29, 0.717) is 22.9 Å². The first-order valence-corrected chi connectivity index (χ1v) is 8.43. The van der Waals surface area contributed by atoms with Gasteiger partial charge < -0.3 is 20.3 Å². The van der Waals surface area contributed by atoms with Crippen LogP contribution < -0.4 is 20.3 Å². The van der Waals surface area contributed by atoms with Gasteiger partial charge in [-0.15, -0.1) is 0 Å². The van der Waals surface area contributed by atoms with Gasteiger partial charge in [0.2, 0.25) is 0 Å². The third-order valence-electron chi connectivity index (χ3n) is 3.90. The maximum atomic E-state index is 13.6. The van der Waals surface area contributed by atoms with Gasteiger partial charge in [0.05, 0.1) is 19.3 Å². The Hall–Kier alpha value is -3.00. The van der Waals surface area contributed by atoms with Crippen molar-refractivity contribution in [1.29, 1.82) is 0 Å². The minimum Gasteiger partial charge on any atom is -0.497 e. The smallest absolute Gasteiger partial charge is 0.279 e. The largest absolute Gasteiger partial charge is 0.497 e. The lowest BCUT2D eigenvalue weighted by Gasteiger charge is -2.17. The molecule has 2 amide bonds. The van der Waals surface area contributed by atoms with Crippen molar-refractivity contribution in [2.75, 3.05) is 37.4 Å². The van der Waals surface area contributed by atoms with Gasteiger partial charge in [-0.25, -0.2) is 8.78 Å². The molecule has 6 nitrogen and oxygen atoms in total. The summed E-state index contributed by atoms with van der Waals surface area (Å²) in [6, 6.07) is 9.69. The van der Waals surface area contributed by atoms with Crippen LogP contribution in [0.25, 0.3) is 0 Å². The first-order chi connectivity index (χ1) is 12.9. The third kappa shape index (κ3) is 6.34. The number of hydrogen-bond donors (Lipinski definition) is 3. The third-order valence-corrected chi connectivity index (χ3v) is 3.90. The van der Waals surface area contributed by atoms with E-state index in [1.165, 1.54) is 0 Å². The van der Waals surface area contributed by atoms with E-state index in [0.717, 1.165) is 18.2 Å². The van der Waals surface area contributed by atoms with Gasteiger partial charge in [0.25, 0.3) is 11.8 Å². The van der Waals surface area contributed by atoms with Gasteiger partial charge in [0.1, 0.15) is 17.4 Å². The van der Waals surface area contributed by atoms with Crippen molar-refractivity contribution in [1.82, 2.24) is 0 Å². The van der Waals surface area contributed by atoms with Crippen LogP contribution in [0.5, 0.6) is 5.75 Å². The number of carbonyl (C=O) groups is 2. The highest BCUT2D eigenvalue weighted by Gasteiger charge is 2.18. The summed E-state index contributed by atoms with van der Waals surface area (Å²) in [6.45, 7) is 2.34. The highest BCUT2D eigenvalue weighted by atomic mass is 19.1. The Labute approximate surface area is 156 Å². The molecule has 2 rings (SSSR count). The number of halogens is 2. The maximum absolute atomic E-state index is 13.6. The Morgan fingerprint density at radius 2 is 1.63 bits per heavy atom. The molecule has 0 aromatic heterocycles. The molecule has 3 N–H and O–H groups in total. The topological polar surface area (TPSA) is 71.9 Å². The number of anilines is 2. The van der Waals surface area contributed by atoms with Gasteiger partial charge in [0.15, 0.2) is 13.1 Å². The number of likely N-dealkylation sites (N-methyl/N-ethyl adjacent to an activating group) is 1. The molecule has 2 aromatic carbocycles. The number of quaternary nitrogens is 1. The van der Waals surface area contributed by atoms with E-state index in [1.807, 2.05) is 6.92 Å². The van der Waals surface area contributed by atoms with Crippen LogP contribution in [0.3, 0.4) is 0 Å². The fourth-order valence-electron chi connectivity index (χ4n) is 2.43. The fraction of sp³-hybridized carbons (Fsp3) is 0.263. The van der Waals surface area contributed by atoms with Crippen molar-refractivity contribution < 1.29 is 28.0 Å². The Kier molecular flexibility index (Phi) is 7.25. The molecule has 0 aliphatic heterocycles. The van der Waals surface area contributed by atoms with Crippen LogP contribution in [-0.4, -0.2) is 38.6 Å². The number of carbonyl (C=O) groups excluding carboxylic acids is 2. The van der Waals surface area contributed by atoms with Gasteiger partial charge in [0, 0.05) is 11.8 Å². The van der Waals surface area contributed by atoms with Gasteiger partial charge in [-0.05, 0) is 43.3 Å². The maximum Gasteiger partial charge on any atom is 0.279 e. The monoisotopic (exact) mass is 378 g/mol. The number of benzene rings is 2. The van der Waals surface area contributed by atoms with Crippen LogP contribution in [0.4, 0.5) is 20.2 Å². The second-order valence-corrected chi connectivity index (χ2v) is 5.91. The molecule has 0 bridgehead atoms. The van der Waals surface area contributed by atoms with E-state index >= 15 is 0 Å². The van der Waals surface area contributed by atoms with Crippen molar-refractivity contribution in [2.45, 2.75) is 6.92 Å². The molecule has 0 heterocycles. The van der Waals surface area contributed by atoms with Crippen LogP contribution in [0, 0.1) is 11.6 Å². The minimum atomic E-state index is -0.722. The molecule has 0 saturated carbocycles. The Morgan fingerprint density at radius 3 is 2.22 bits per heavy atom. The lowest BCUT2D eigenvalue weighted by atomic mass is 10.3. The minimum absolute atomic E-state index is 0.0531. The first kappa shape index (κ1) is 20.3. The van der Waals surface area contributed by atoms with Crippen molar-refractivity contribution >= 4 is 23.2 Å². The lowest BCUT2D eigenvalue weighted by Crippen LogP contribution is -3.13. The van der Waals surface area contributed by atoms with E-state index in [4.69, 9.17) is 4.74 Å². The zero-order valence-corrected chi connectivity index (χ0v) is 15.1. The Morgan fingerprint density at radius 1 is 1.00 bits per heavy atom. The van der Waals surface area contributed by atoms with E-state index in [1.54, 1.807) is 31.4 Å². The van der Waals surface area contributed by atoms with Crippen molar-refractivity contribution in [2.24, 2.45) is 0 Å². The van der Waals surface area contributed by atoms with Crippen molar-refractivity contribution in [3.8, 4) is 5.75 Å². The molecule has 0 radical (unpaired) electrons. The molecule has 0 aliphatic rings. The second-order valence-electron chi connectivity index (χ2n) is 5.91. The summed E-state index contributed by atoms with van der Waals surface area (Å²) in [5.41, 5.74) is 0.390. The molecular weight excluding hydrogens is 356 g/mol. The SMILES string of the molecule is CC[NH+](CC(=O)Nc1ccc(OC)cc1)CC(=O)Nc1cc(F)ccc1F. The predicted molar refractivity (Wildman–Crippen MR) is 97.8 cm³/mol. The standard InChI is InChI=1S/C19H21F2N3O3/c1-3-24(11-18(25)22-14-5-7-15(27-2)8-6-14)12-19(26)23-17-10-13(20)4-9-16(17)21/h4-10H,3,11-12H2,1-2H3,(H,22,25)(H,23,26)/p+1. The molecule has 2 aromatic rings. The average Bonchev–Trinajstić information content (AvgIpc) is 2.64. The van der Waals surface area contributed by atoms with Crippen molar-refractivity contribution in [3.05, 3.63) is 54.1 Å². The summed E-state index contributed by atoms with van der Waals surface area (Å²) in [4.78, 5) is 24.9. The van der Waals surface area contributed by atoms with Crippen LogP contribution in [0.15, 0.2) is 42.5 Å². The van der Waals surface area contributed by atoms with Crippen LogP contribution in [0.1, 0.15) is 6.92 Å². The molecule has 8 heteroatoms. The van der Waals surface area contributed by atoms with E-state index < -0.39 is 17.5 Å². The molecule has 0 aliphatic carbocycles. The van der Waals surface area contributed by atoms with Crippen LogP contribution in [0.2, 0.25) is 0 Å². The quantitative estimate of drug-likeness (QED) is 0.651. The van der Waals surface area contributed by atoms with E-state index in [2.05, 4.69) is 10.6 Å². The predicted octanol–water partition coefficient (Wildman–Crippen LogP) is 1.46. The summed E-state index contributed by atoms with van der Waals surface area (Å²) < 4.78 is 31.8. The summed E-state index contributed by atoms with van der Waals surface area (Å²) >= 11 is 0. The van der Waals surface area contributed by atoms with Crippen molar-refractivity contribution in [3.63, 3.8) is 0 Å². The van der Waals surface area contributed by atoms with Gasteiger partial charge in [-0.2, -0.15) is 0 Å². The average molecular weight is 378 g/mol. The van der Waals surface area contributed by atoms with Gasteiger partial charge >= 0.3 is 0 Å². The summed E-state index contributed by atoms with van der Waals surface area (Å²) in [5.74, 6) is -1.46. The summed E-state index contributed by atoms with van der Waals surface area (Å²) in [5, 5.41) is 5.07. The number of rotatable bonds is 8. The van der Waals surface area contributed by atoms with Crippen LogP contribution in [-0.2, 0) is 9.59 Å². The molecular formula is C19H22F2N3O3+. The molecule has 144 valence electrons. The molecule has 0 fully saturated rings. The number of methoxy groups -OCH3 is 1. The summed E-state index contributed by atoms with van der Waals surface area (Å²) in [6.07, 6.45) is 0. The second kappa shape index (κ2) is 9.63. The Bertz CT molecular complexity index is 797. The van der Waals surface area contributed by atoms with E-state index in [-0.39, 0.29) is 24.7 Å². The lowest BCUT2D eigenvalue weighted by molar-refractivity contribution is -0.881. The normalized spacial score (nSPS) is 11.6. The summed E-state index contributed by atoms with van der Waals surface area (Å²) in [7, 11) is 1.55.